The van der Waals surface area contributed by atoms with Crippen LogP contribution in [0.15, 0.2) is 30.3 Å². The second-order valence-electron chi connectivity index (χ2n) is 12.4. The van der Waals surface area contributed by atoms with Crippen molar-refractivity contribution in [2.75, 3.05) is 0 Å². The molecule has 2 amide bonds. The number of rotatable bonds is 8. The average molecular weight is 468 g/mol. The molecule has 1 aliphatic heterocycles. The normalized spacial score (nSPS) is 30.4. The van der Waals surface area contributed by atoms with E-state index in [2.05, 4.69) is 45.3 Å². The minimum atomic E-state index is -1.06. The summed E-state index contributed by atoms with van der Waals surface area (Å²) in [6.45, 7) is 14.6. The number of hydrogen-bond donors (Lipinski definition) is 2. The fourth-order valence-corrected chi connectivity index (χ4v) is 6.40. The van der Waals surface area contributed by atoms with E-state index in [0.717, 1.165) is 18.4 Å². The fourth-order valence-electron chi connectivity index (χ4n) is 6.40. The van der Waals surface area contributed by atoms with Gasteiger partial charge in [0.25, 0.3) is 0 Å². The lowest BCUT2D eigenvalue weighted by atomic mass is 9.43. The van der Waals surface area contributed by atoms with Crippen molar-refractivity contribution in [3.63, 3.8) is 0 Å². The molecule has 3 aliphatic carbocycles. The fraction of sp³-hybridized carbons (Fsp3) is 0.704. The Morgan fingerprint density at radius 2 is 1.82 bits per heavy atom. The summed E-state index contributed by atoms with van der Waals surface area (Å²) in [5.41, 5.74) is -0.188. The zero-order chi connectivity index (χ0) is 24.9. The molecule has 1 heterocycles. The number of hydrogen-bond acceptors (Lipinski definition) is 4. The van der Waals surface area contributed by atoms with Crippen LogP contribution in [0.2, 0.25) is 0 Å². The minimum absolute atomic E-state index is 0.0689. The van der Waals surface area contributed by atoms with Gasteiger partial charge in [0.2, 0.25) is 11.8 Å². The first-order valence-corrected chi connectivity index (χ1v) is 12.8. The molecule has 2 bridgehead atoms. The molecule has 4 fully saturated rings. The highest BCUT2D eigenvalue weighted by atomic mass is 16.7. The highest BCUT2D eigenvalue weighted by Gasteiger charge is 2.68. The molecule has 186 valence electrons. The van der Waals surface area contributed by atoms with Gasteiger partial charge in [-0.3, -0.25) is 9.59 Å². The smallest absolute Gasteiger partial charge is 0.404 e. The predicted octanol–water partition coefficient (Wildman–Crippen LogP) is 3.92. The van der Waals surface area contributed by atoms with Crippen LogP contribution in [-0.2, 0) is 25.3 Å². The van der Waals surface area contributed by atoms with Crippen molar-refractivity contribution in [1.82, 2.24) is 10.6 Å². The first-order valence-electron chi connectivity index (χ1n) is 12.8. The Balaban J connectivity index is 1.42. The highest BCUT2D eigenvalue weighted by molar-refractivity contribution is 6.48. The zero-order valence-electron chi connectivity index (χ0n) is 21.8. The molecule has 1 saturated heterocycles. The Kier molecular flexibility index (Phi) is 6.67. The van der Waals surface area contributed by atoms with Crippen molar-refractivity contribution in [1.29, 1.82) is 0 Å². The number of carbonyl (C=O) groups excluding carboxylic acids is 2. The molecule has 0 spiro atoms. The first kappa shape index (κ1) is 25.2. The van der Waals surface area contributed by atoms with Crippen molar-refractivity contribution in [2.24, 2.45) is 23.2 Å². The van der Waals surface area contributed by atoms with Gasteiger partial charge in [0.15, 0.2) is 0 Å². The van der Waals surface area contributed by atoms with Crippen molar-refractivity contribution in [2.45, 2.75) is 97.3 Å². The summed E-state index contributed by atoms with van der Waals surface area (Å²) in [5.74, 6) is 0.819. The van der Waals surface area contributed by atoms with E-state index in [0.29, 0.717) is 17.8 Å². The van der Waals surface area contributed by atoms with Crippen LogP contribution in [0, 0.1) is 23.2 Å². The first-order chi connectivity index (χ1) is 15.8. The second kappa shape index (κ2) is 8.98. The van der Waals surface area contributed by atoms with Gasteiger partial charge in [0.05, 0.1) is 24.1 Å². The summed E-state index contributed by atoms with van der Waals surface area (Å²) in [6, 6.07) is 9.54. The van der Waals surface area contributed by atoms with Gasteiger partial charge < -0.3 is 19.9 Å². The predicted molar refractivity (Wildman–Crippen MR) is 134 cm³/mol. The van der Waals surface area contributed by atoms with Crippen LogP contribution in [-0.4, -0.2) is 42.1 Å². The SMILES string of the molecule is CC(C)C[C@H](NC(=O)C(C)(C)NC(=O)Cc1ccccc1)B1O[C@@H]2CC3C[C@@H](C3(C)C)[C@]2(C)O1. The maximum atomic E-state index is 13.3. The van der Waals surface area contributed by atoms with Crippen LogP contribution in [0.25, 0.3) is 0 Å². The molecule has 6 nitrogen and oxygen atoms in total. The average Bonchev–Trinajstić information content (AvgIpc) is 3.10. The third-order valence-electron chi connectivity index (χ3n) is 8.57. The van der Waals surface area contributed by atoms with Crippen LogP contribution in [0.1, 0.15) is 73.3 Å². The Morgan fingerprint density at radius 1 is 1.15 bits per heavy atom. The second-order valence-corrected chi connectivity index (χ2v) is 12.4. The van der Waals surface area contributed by atoms with Gasteiger partial charge in [-0.2, -0.15) is 0 Å². The van der Waals surface area contributed by atoms with E-state index < -0.39 is 12.7 Å². The van der Waals surface area contributed by atoms with Crippen molar-refractivity contribution >= 4 is 18.9 Å². The Morgan fingerprint density at radius 3 is 2.44 bits per heavy atom. The molecule has 4 aliphatic rings. The Labute approximate surface area is 205 Å². The van der Waals surface area contributed by atoms with Crippen LogP contribution in [0.3, 0.4) is 0 Å². The standard InChI is InChI=1S/C27H41BN2O4/c1-17(2)13-22(28-33-21-16-19-15-20(25(19,3)4)27(21,7)34-28)29-24(32)26(5,6)30-23(31)14-18-11-9-8-10-12-18/h8-12,17,19-22H,13-16H2,1-7H3,(H,29,32)(H,30,31)/t19?,20-,21+,22-,27-/m0/s1. The lowest BCUT2D eigenvalue weighted by Crippen LogP contribution is -2.65. The monoisotopic (exact) mass is 468 g/mol. The largest absolute Gasteiger partial charge is 0.481 e. The summed E-state index contributed by atoms with van der Waals surface area (Å²) in [4.78, 5) is 26.0. The van der Waals surface area contributed by atoms with Crippen molar-refractivity contribution in [3.05, 3.63) is 35.9 Å². The molecule has 2 N–H and O–H groups in total. The molecule has 3 saturated carbocycles. The van der Waals surface area contributed by atoms with Gasteiger partial charge in [-0.1, -0.05) is 58.0 Å². The van der Waals surface area contributed by atoms with Crippen LogP contribution in [0.5, 0.6) is 0 Å². The third kappa shape index (κ3) is 4.66. The molecule has 34 heavy (non-hydrogen) atoms. The van der Waals surface area contributed by atoms with E-state index in [4.69, 9.17) is 9.31 Å². The maximum absolute atomic E-state index is 13.3. The Bertz CT molecular complexity index is 918. The number of carbonyl (C=O) groups is 2. The third-order valence-corrected chi connectivity index (χ3v) is 8.57. The molecule has 5 atom stereocenters. The van der Waals surface area contributed by atoms with E-state index >= 15 is 0 Å². The number of amides is 2. The number of benzene rings is 1. The topological polar surface area (TPSA) is 76.7 Å². The maximum Gasteiger partial charge on any atom is 0.481 e. The van der Waals surface area contributed by atoms with Crippen molar-refractivity contribution < 1.29 is 18.9 Å². The molecular formula is C27H41BN2O4. The van der Waals surface area contributed by atoms with Gasteiger partial charge in [0, 0.05) is 0 Å². The van der Waals surface area contributed by atoms with Gasteiger partial charge in [-0.05, 0) is 68.8 Å². The van der Waals surface area contributed by atoms with E-state index in [-0.39, 0.29) is 41.3 Å². The van der Waals surface area contributed by atoms with Gasteiger partial charge >= 0.3 is 7.12 Å². The molecule has 1 aromatic rings. The molecule has 1 aromatic carbocycles. The van der Waals surface area contributed by atoms with E-state index in [1.165, 1.54) is 6.42 Å². The molecular weight excluding hydrogens is 427 g/mol. The highest BCUT2D eigenvalue weighted by Crippen LogP contribution is 2.65. The van der Waals surface area contributed by atoms with Crippen molar-refractivity contribution in [3.8, 4) is 0 Å². The summed E-state index contributed by atoms with van der Waals surface area (Å²) < 4.78 is 13.1. The molecule has 5 rings (SSSR count). The summed E-state index contributed by atoms with van der Waals surface area (Å²) in [7, 11) is -0.479. The summed E-state index contributed by atoms with van der Waals surface area (Å²) in [6.07, 6.45) is 3.25. The lowest BCUT2D eigenvalue weighted by Gasteiger charge is -2.64. The van der Waals surface area contributed by atoms with E-state index in [9.17, 15) is 9.59 Å². The summed E-state index contributed by atoms with van der Waals surface area (Å²) >= 11 is 0. The van der Waals surface area contributed by atoms with E-state index in [1.807, 2.05) is 30.3 Å². The minimum Gasteiger partial charge on any atom is -0.404 e. The van der Waals surface area contributed by atoms with E-state index in [1.54, 1.807) is 13.8 Å². The zero-order valence-corrected chi connectivity index (χ0v) is 21.8. The molecule has 7 heteroatoms. The Hall–Kier alpha value is -1.86. The molecule has 0 radical (unpaired) electrons. The van der Waals surface area contributed by atoms with Gasteiger partial charge in [0.1, 0.15) is 5.54 Å². The molecule has 1 unspecified atom stereocenters. The lowest BCUT2D eigenvalue weighted by molar-refractivity contribution is -0.199. The van der Waals surface area contributed by atoms with Gasteiger partial charge in [-0.15, -0.1) is 0 Å². The summed E-state index contributed by atoms with van der Waals surface area (Å²) in [5, 5.41) is 6.08. The van der Waals surface area contributed by atoms with Crippen LogP contribution in [0.4, 0.5) is 0 Å². The molecule has 0 aromatic heterocycles. The van der Waals surface area contributed by atoms with Gasteiger partial charge in [-0.25, -0.2) is 0 Å². The van der Waals surface area contributed by atoms with Crippen LogP contribution < -0.4 is 10.6 Å². The van der Waals surface area contributed by atoms with Crippen LogP contribution >= 0.6 is 0 Å². The quantitative estimate of drug-likeness (QED) is 0.567. The number of nitrogens with one attached hydrogen (secondary N) is 2.